The second-order valence-electron chi connectivity index (χ2n) is 7.23. The van der Waals surface area contributed by atoms with Crippen LogP contribution >= 0.6 is 0 Å². The number of fused-ring (bicyclic) bond motifs is 1. The fourth-order valence-corrected chi connectivity index (χ4v) is 4.52. The summed E-state index contributed by atoms with van der Waals surface area (Å²) in [5.74, 6) is -0.742. The van der Waals surface area contributed by atoms with Crippen molar-refractivity contribution < 1.29 is 30.5 Å². The minimum Gasteiger partial charge on any atom is -0.282 e. The molecule has 4 rings (SSSR count). The highest BCUT2D eigenvalue weighted by Crippen LogP contribution is 2.44. The number of aryl methyl sites for hydroxylation is 1. The molecule has 1 unspecified atom stereocenters. The number of hydrogen-bond donors (Lipinski definition) is 1. The maximum absolute atomic E-state index is 13.4. The second-order valence-corrected chi connectivity index (χ2v) is 8.66. The molecule has 3 aromatic rings. The molecule has 0 aliphatic heterocycles. The number of alkyl halides is 3. The average molecular weight is 436 g/mol. The van der Waals surface area contributed by atoms with Gasteiger partial charge in [-0.3, -0.25) is 4.55 Å². The number of halogens is 4. The van der Waals surface area contributed by atoms with Crippen molar-refractivity contribution in [1.82, 2.24) is 0 Å². The van der Waals surface area contributed by atoms with E-state index in [4.69, 9.17) is 0 Å². The second kappa shape index (κ2) is 7.21. The molecule has 0 saturated carbocycles. The molecule has 3 nitrogen and oxygen atoms in total. The SMILES string of the molecule is O=S(=O)(O)c1ccc2c(c1)CCC2c1ccc(C(F)(F)F)cc1-c1ccc(F)cc1. The molecule has 1 aliphatic carbocycles. The van der Waals surface area contributed by atoms with Crippen LogP contribution in [-0.2, 0) is 22.7 Å². The third kappa shape index (κ3) is 3.85. The molecular formula is C22H16F4O3S. The molecule has 0 spiro atoms. The Morgan fingerprint density at radius 3 is 2.20 bits per heavy atom. The predicted octanol–water partition coefficient (Wildman–Crippen LogP) is 5.84. The van der Waals surface area contributed by atoms with Crippen LogP contribution in [0.4, 0.5) is 17.6 Å². The summed E-state index contributed by atoms with van der Waals surface area (Å²) < 4.78 is 85.3. The minimum atomic E-state index is -4.52. The quantitative estimate of drug-likeness (QED) is 0.415. The Labute approximate surface area is 170 Å². The molecule has 0 aromatic heterocycles. The number of benzene rings is 3. The normalized spacial score (nSPS) is 16.5. The Balaban J connectivity index is 1.85. The van der Waals surface area contributed by atoms with Gasteiger partial charge in [-0.25, -0.2) is 4.39 Å². The van der Waals surface area contributed by atoms with Crippen LogP contribution in [-0.4, -0.2) is 13.0 Å². The van der Waals surface area contributed by atoms with Gasteiger partial charge in [0.25, 0.3) is 10.1 Å². The van der Waals surface area contributed by atoms with E-state index >= 15 is 0 Å². The van der Waals surface area contributed by atoms with E-state index in [1.165, 1.54) is 42.5 Å². The highest BCUT2D eigenvalue weighted by atomic mass is 32.2. The van der Waals surface area contributed by atoms with Gasteiger partial charge in [-0.05, 0) is 77.1 Å². The first-order valence-electron chi connectivity index (χ1n) is 9.11. The maximum atomic E-state index is 13.4. The van der Waals surface area contributed by atoms with E-state index in [1.54, 1.807) is 6.07 Å². The largest absolute Gasteiger partial charge is 0.416 e. The first-order valence-corrected chi connectivity index (χ1v) is 10.6. The summed E-state index contributed by atoms with van der Waals surface area (Å²) >= 11 is 0. The van der Waals surface area contributed by atoms with Gasteiger partial charge in [0, 0.05) is 5.92 Å². The zero-order valence-electron chi connectivity index (χ0n) is 15.4. The molecule has 0 radical (unpaired) electrons. The number of hydrogen-bond acceptors (Lipinski definition) is 2. The van der Waals surface area contributed by atoms with Crippen molar-refractivity contribution in [3.63, 3.8) is 0 Å². The molecule has 30 heavy (non-hydrogen) atoms. The van der Waals surface area contributed by atoms with Gasteiger partial charge in [-0.2, -0.15) is 21.6 Å². The highest BCUT2D eigenvalue weighted by molar-refractivity contribution is 7.85. The number of rotatable bonds is 3. The lowest BCUT2D eigenvalue weighted by Crippen LogP contribution is -2.07. The molecule has 3 aromatic carbocycles. The van der Waals surface area contributed by atoms with Gasteiger partial charge in [0.1, 0.15) is 5.82 Å². The van der Waals surface area contributed by atoms with E-state index in [0.29, 0.717) is 29.5 Å². The minimum absolute atomic E-state index is 0.215. The molecule has 1 atom stereocenters. The molecule has 8 heteroatoms. The molecule has 1 N–H and O–H groups in total. The lowest BCUT2D eigenvalue weighted by molar-refractivity contribution is -0.137. The molecule has 0 saturated heterocycles. The topological polar surface area (TPSA) is 54.4 Å². The first kappa shape index (κ1) is 20.6. The Bertz CT molecular complexity index is 1220. The van der Waals surface area contributed by atoms with Crippen LogP contribution in [0, 0.1) is 5.82 Å². The van der Waals surface area contributed by atoms with Crippen LogP contribution in [0.25, 0.3) is 11.1 Å². The summed E-state index contributed by atoms with van der Waals surface area (Å²) in [6.45, 7) is 0. The van der Waals surface area contributed by atoms with Crippen molar-refractivity contribution in [1.29, 1.82) is 0 Å². The van der Waals surface area contributed by atoms with Gasteiger partial charge in [0.05, 0.1) is 10.5 Å². The average Bonchev–Trinajstić information content (AvgIpc) is 3.10. The lowest BCUT2D eigenvalue weighted by atomic mass is 9.86. The molecular weight excluding hydrogens is 420 g/mol. The summed E-state index contributed by atoms with van der Waals surface area (Å²) in [5.41, 5.74) is 2.17. The Hall–Kier alpha value is -2.71. The first-order chi connectivity index (χ1) is 14.0. The molecule has 0 fully saturated rings. The van der Waals surface area contributed by atoms with E-state index in [0.717, 1.165) is 23.3 Å². The summed E-state index contributed by atoms with van der Waals surface area (Å²) in [4.78, 5) is -0.215. The van der Waals surface area contributed by atoms with Crippen molar-refractivity contribution in [2.75, 3.05) is 0 Å². The van der Waals surface area contributed by atoms with Crippen LogP contribution in [0.5, 0.6) is 0 Å². The summed E-state index contributed by atoms with van der Waals surface area (Å²) in [6.07, 6.45) is -3.43. The fourth-order valence-electron chi connectivity index (χ4n) is 3.99. The van der Waals surface area contributed by atoms with E-state index in [9.17, 15) is 30.5 Å². The standard InChI is InChI=1S/C22H16F4O3S/c23-16-5-1-13(2-6-16)21-12-15(22(24,25)26)4-9-20(21)19-8-3-14-11-17(30(27,28)29)7-10-18(14)19/h1-2,4-7,9-12,19H,3,8H2,(H,27,28,29). The van der Waals surface area contributed by atoms with E-state index in [1.807, 2.05) is 0 Å². The van der Waals surface area contributed by atoms with Crippen molar-refractivity contribution in [2.24, 2.45) is 0 Å². The zero-order chi connectivity index (χ0) is 21.7. The third-order valence-corrected chi connectivity index (χ3v) is 6.25. The van der Waals surface area contributed by atoms with Crippen molar-refractivity contribution in [3.8, 4) is 11.1 Å². The van der Waals surface area contributed by atoms with Crippen molar-refractivity contribution >= 4 is 10.1 Å². The Morgan fingerprint density at radius 2 is 1.57 bits per heavy atom. The van der Waals surface area contributed by atoms with Crippen LogP contribution in [0.3, 0.4) is 0 Å². The fraction of sp³-hybridized carbons (Fsp3) is 0.182. The summed E-state index contributed by atoms with van der Waals surface area (Å²) in [7, 11) is -4.34. The zero-order valence-corrected chi connectivity index (χ0v) is 16.3. The lowest BCUT2D eigenvalue weighted by Gasteiger charge is -2.19. The van der Waals surface area contributed by atoms with Gasteiger partial charge < -0.3 is 0 Å². The van der Waals surface area contributed by atoms with Gasteiger partial charge in [0.2, 0.25) is 0 Å². The third-order valence-electron chi connectivity index (χ3n) is 5.40. The molecule has 0 bridgehead atoms. The molecule has 1 aliphatic rings. The van der Waals surface area contributed by atoms with Gasteiger partial charge in [0.15, 0.2) is 0 Å². The van der Waals surface area contributed by atoms with Crippen LogP contribution < -0.4 is 0 Å². The Morgan fingerprint density at radius 1 is 0.900 bits per heavy atom. The van der Waals surface area contributed by atoms with Gasteiger partial charge in [-0.1, -0.05) is 24.3 Å². The van der Waals surface area contributed by atoms with E-state index < -0.39 is 27.7 Å². The van der Waals surface area contributed by atoms with Crippen molar-refractivity contribution in [3.05, 3.63) is 88.7 Å². The van der Waals surface area contributed by atoms with Crippen LogP contribution in [0.2, 0.25) is 0 Å². The van der Waals surface area contributed by atoms with E-state index in [-0.39, 0.29) is 10.8 Å². The molecule has 0 amide bonds. The van der Waals surface area contributed by atoms with Crippen molar-refractivity contribution in [2.45, 2.75) is 29.8 Å². The van der Waals surface area contributed by atoms with E-state index in [2.05, 4.69) is 0 Å². The summed E-state index contributed by atoms with van der Waals surface area (Å²) in [5, 5.41) is 0. The van der Waals surface area contributed by atoms with Gasteiger partial charge in [-0.15, -0.1) is 0 Å². The molecule has 156 valence electrons. The van der Waals surface area contributed by atoms with Gasteiger partial charge >= 0.3 is 6.18 Å². The van der Waals surface area contributed by atoms with Crippen LogP contribution in [0.1, 0.15) is 34.6 Å². The maximum Gasteiger partial charge on any atom is 0.416 e. The molecule has 0 heterocycles. The monoisotopic (exact) mass is 436 g/mol. The highest BCUT2D eigenvalue weighted by Gasteiger charge is 2.33. The van der Waals surface area contributed by atoms with Crippen LogP contribution in [0.15, 0.2) is 65.6 Å². The summed E-state index contributed by atoms with van der Waals surface area (Å²) in [6, 6.07) is 13.0. The Kier molecular flexibility index (Phi) is 4.94. The predicted molar refractivity (Wildman–Crippen MR) is 103 cm³/mol. The smallest absolute Gasteiger partial charge is 0.282 e.